The zero-order chi connectivity index (χ0) is 15.9. The molecule has 0 aliphatic carbocycles. The zero-order valence-corrected chi connectivity index (χ0v) is 13.2. The minimum Gasteiger partial charge on any atom is -0.349 e. The molecule has 1 fully saturated rings. The van der Waals surface area contributed by atoms with Gasteiger partial charge in [-0.05, 0) is 11.6 Å². The Balaban J connectivity index is 1.34. The first-order valence-electron chi connectivity index (χ1n) is 8.07. The van der Waals surface area contributed by atoms with Crippen molar-refractivity contribution in [2.75, 3.05) is 39.3 Å². The van der Waals surface area contributed by atoms with Crippen LogP contribution in [0.15, 0.2) is 42.6 Å². The molecule has 3 rings (SSSR count). The van der Waals surface area contributed by atoms with Gasteiger partial charge in [0.25, 0.3) is 5.91 Å². The third-order valence-electron chi connectivity index (χ3n) is 4.17. The summed E-state index contributed by atoms with van der Waals surface area (Å²) in [6, 6.07) is 12.3. The first-order valence-corrected chi connectivity index (χ1v) is 8.07. The summed E-state index contributed by atoms with van der Waals surface area (Å²) >= 11 is 0. The van der Waals surface area contributed by atoms with E-state index in [2.05, 4.69) is 55.6 Å². The van der Waals surface area contributed by atoms with E-state index in [-0.39, 0.29) is 5.91 Å². The van der Waals surface area contributed by atoms with Crippen molar-refractivity contribution < 1.29 is 4.79 Å². The van der Waals surface area contributed by atoms with Crippen LogP contribution in [-0.2, 0) is 6.54 Å². The molecule has 1 saturated heterocycles. The minimum absolute atomic E-state index is 0.0924. The quantitative estimate of drug-likeness (QED) is 0.834. The van der Waals surface area contributed by atoms with Crippen molar-refractivity contribution >= 4 is 5.91 Å². The van der Waals surface area contributed by atoms with Crippen molar-refractivity contribution in [2.45, 2.75) is 6.54 Å². The van der Waals surface area contributed by atoms with Gasteiger partial charge < -0.3 is 5.32 Å². The summed E-state index contributed by atoms with van der Waals surface area (Å²) in [5.74, 6) is -0.0924. The second-order valence-electron chi connectivity index (χ2n) is 5.83. The minimum atomic E-state index is -0.0924. The van der Waals surface area contributed by atoms with Gasteiger partial charge in [-0.2, -0.15) is 5.10 Å². The lowest BCUT2D eigenvalue weighted by Crippen LogP contribution is -2.48. The van der Waals surface area contributed by atoms with Crippen LogP contribution in [0.2, 0.25) is 0 Å². The van der Waals surface area contributed by atoms with Crippen LogP contribution in [0.3, 0.4) is 0 Å². The van der Waals surface area contributed by atoms with Gasteiger partial charge in [0.15, 0.2) is 0 Å². The monoisotopic (exact) mass is 313 g/mol. The van der Waals surface area contributed by atoms with Crippen LogP contribution in [0.4, 0.5) is 0 Å². The molecule has 6 heteroatoms. The molecule has 6 nitrogen and oxygen atoms in total. The third kappa shape index (κ3) is 4.64. The Labute approximate surface area is 136 Å². The predicted octanol–water partition coefficient (Wildman–Crippen LogP) is 0.957. The Hall–Kier alpha value is -2.18. The van der Waals surface area contributed by atoms with E-state index in [9.17, 15) is 4.79 Å². The summed E-state index contributed by atoms with van der Waals surface area (Å²) in [5.41, 5.74) is 1.88. The average molecular weight is 313 g/mol. The van der Waals surface area contributed by atoms with Crippen molar-refractivity contribution in [3.8, 4) is 0 Å². The lowest BCUT2D eigenvalue weighted by molar-refractivity contribution is 0.0929. The first kappa shape index (κ1) is 15.7. The number of nitrogens with zero attached hydrogens (tertiary/aromatic N) is 3. The summed E-state index contributed by atoms with van der Waals surface area (Å²) in [4.78, 5) is 16.7. The molecule has 2 aromatic rings. The molecular weight excluding hydrogens is 290 g/mol. The molecule has 1 aliphatic rings. The van der Waals surface area contributed by atoms with Gasteiger partial charge in [0.2, 0.25) is 0 Å². The topological polar surface area (TPSA) is 64.3 Å². The molecular formula is C17H23N5O. The van der Waals surface area contributed by atoms with Crippen LogP contribution in [0.5, 0.6) is 0 Å². The Morgan fingerprint density at radius 1 is 1.09 bits per heavy atom. The fraction of sp³-hybridized carbons (Fsp3) is 0.412. The summed E-state index contributed by atoms with van der Waals surface area (Å²) in [7, 11) is 0. The molecule has 0 atom stereocenters. The lowest BCUT2D eigenvalue weighted by atomic mass is 10.2. The van der Waals surface area contributed by atoms with Crippen molar-refractivity contribution in [3.63, 3.8) is 0 Å². The maximum absolute atomic E-state index is 11.8. The van der Waals surface area contributed by atoms with Crippen LogP contribution < -0.4 is 5.32 Å². The molecule has 0 saturated carbocycles. The molecule has 0 radical (unpaired) electrons. The number of hydrogen-bond acceptors (Lipinski definition) is 4. The number of amides is 1. The summed E-state index contributed by atoms with van der Waals surface area (Å²) in [6.45, 7) is 6.81. The largest absolute Gasteiger partial charge is 0.349 e. The number of aromatic amines is 1. The van der Waals surface area contributed by atoms with Gasteiger partial charge in [-0.1, -0.05) is 30.3 Å². The molecule has 122 valence electrons. The van der Waals surface area contributed by atoms with Crippen LogP contribution in [-0.4, -0.2) is 65.2 Å². The van der Waals surface area contributed by atoms with E-state index in [1.165, 1.54) is 5.56 Å². The van der Waals surface area contributed by atoms with Crippen molar-refractivity contribution in [1.82, 2.24) is 25.3 Å². The molecule has 23 heavy (non-hydrogen) atoms. The van der Waals surface area contributed by atoms with E-state index >= 15 is 0 Å². The van der Waals surface area contributed by atoms with Gasteiger partial charge >= 0.3 is 0 Å². The number of carbonyl (C=O) groups excluding carboxylic acids is 1. The Morgan fingerprint density at radius 3 is 2.52 bits per heavy atom. The fourth-order valence-electron chi connectivity index (χ4n) is 2.82. The molecule has 0 bridgehead atoms. The lowest BCUT2D eigenvalue weighted by Gasteiger charge is -2.34. The maximum atomic E-state index is 11.8. The van der Waals surface area contributed by atoms with Gasteiger partial charge in [-0.15, -0.1) is 0 Å². The summed E-state index contributed by atoms with van der Waals surface area (Å²) < 4.78 is 0. The normalized spacial score (nSPS) is 16.3. The summed E-state index contributed by atoms with van der Waals surface area (Å²) in [5, 5.41) is 9.37. The van der Waals surface area contributed by atoms with E-state index < -0.39 is 0 Å². The number of piperazine rings is 1. The van der Waals surface area contributed by atoms with Gasteiger partial charge in [-0.25, -0.2) is 0 Å². The number of rotatable bonds is 6. The molecule has 1 aliphatic heterocycles. The number of hydrogen-bond donors (Lipinski definition) is 2. The standard InChI is InChI=1S/C17H23N5O/c23-17(16-6-7-19-20-16)18-8-9-21-10-12-22(13-11-21)14-15-4-2-1-3-5-15/h1-7H,8-14H2,(H,18,23)(H,19,20). The number of benzene rings is 1. The highest BCUT2D eigenvalue weighted by molar-refractivity contribution is 5.92. The number of aromatic nitrogens is 2. The maximum Gasteiger partial charge on any atom is 0.269 e. The van der Waals surface area contributed by atoms with E-state index in [1.54, 1.807) is 12.3 Å². The third-order valence-corrected chi connectivity index (χ3v) is 4.17. The van der Waals surface area contributed by atoms with Gasteiger partial charge in [0, 0.05) is 52.0 Å². The van der Waals surface area contributed by atoms with E-state index in [0.717, 1.165) is 39.3 Å². The number of nitrogens with one attached hydrogen (secondary N) is 2. The van der Waals surface area contributed by atoms with Crippen molar-refractivity contribution in [2.24, 2.45) is 0 Å². The molecule has 0 spiro atoms. The van der Waals surface area contributed by atoms with Crippen LogP contribution in [0, 0.1) is 0 Å². The SMILES string of the molecule is O=C(NCCN1CCN(Cc2ccccc2)CC1)c1ccn[nH]1. The average Bonchev–Trinajstić information content (AvgIpc) is 3.12. The highest BCUT2D eigenvalue weighted by atomic mass is 16.1. The Kier molecular flexibility index (Phi) is 5.39. The predicted molar refractivity (Wildman–Crippen MR) is 89.1 cm³/mol. The molecule has 0 unspecified atom stereocenters. The number of H-pyrrole nitrogens is 1. The number of carbonyl (C=O) groups is 1. The summed E-state index contributed by atoms with van der Waals surface area (Å²) in [6.07, 6.45) is 1.58. The Morgan fingerprint density at radius 2 is 1.83 bits per heavy atom. The van der Waals surface area contributed by atoms with Gasteiger partial charge in [-0.3, -0.25) is 19.7 Å². The van der Waals surface area contributed by atoms with Crippen LogP contribution >= 0.6 is 0 Å². The van der Waals surface area contributed by atoms with Crippen molar-refractivity contribution in [1.29, 1.82) is 0 Å². The van der Waals surface area contributed by atoms with E-state index in [0.29, 0.717) is 12.2 Å². The van der Waals surface area contributed by atoms with Gasteiger partial charge in [0.05, 0.1) is 0 Å². The van der Waals surface area contributed by atoms with Crippen LogP contribution in [0.25, 0.3) is 0 Å². The molecule has 1 aromatic carbocycles. The van der Waals surface area contributed by atoms with Crippen molar-refractivity contribution in [3.05, 3.63) is 53.9 Å². The second-order valence-corrected chi connectivity index (χ2v) is 5.83. The highest BCUT2D eigenvalue weighted by Gasteiger charge is 2.16. The molecule has 1 aromatic heterocycles. The molecule has 2 heterocycles. The van der Waals surface area contributed by atoms with Crippen LogP contribution in [0.1, 0.15) is 16.1 Å². The fourth-order valence-corrected chi connectivity index (χ4v) is 2.82. The molecule has 2 N–H and O–H groups in total. The smallest absolute Gasteiger partial charge is 0.269 e. The second kappa shape index (κ2) is 7.89. The molecule has 1 amide bonds. The van der Waals surface area contributed by atoms with E-state index in [1.807, 2.05) is 0 Å². The Bertz CT molecular complexity index is 591. The zero-order valence-electron chi connectivity index (χ0n) is 13.2. The van der Waals surface area contributed by atoms with E-state index in [4.69, 9.17) is 0 Å². The first-order chi connectivity index (χ1) is 11.3. The van der Waals surface area contributed by atoms with Gasteiger partial charge in [0.1, 0.15) is 5.69 Å². The highest BCUT2D eigenvalue weighted by Crippen LogP contribution is 2.08.